The Bertz CT molecular complexity index is 930. The number of nitrogens with zero attached hydrogens (tertiary/aromatic N) is 1. The van der Waals surface area contributed by atoms with Gasteiger partial charge in [0.1, 0.15) is 26.4 Å². The first-order valence-corrected chi connectivity index (χ1v) is 21.6. The van der Waals surface area contributed by atoms with Crippen LogP contribution in [0.1, 0.15) is 181 Å². The first-order valence-electron chi connectivity index (χ1n) is 21.6. The van der Waals surface area contributed by atoms with Gasteiger partial charge >= 0.3 is 18.1 Å². The molecule has 0 saturated carbocycles. The largest absolute Gasteiger partial charge is 0.508 e. The van der Waals surface area contributed by atoms with Gasteiger partial charge in [0.2, 0.25) is 0 Å². The number of ether oxygens (including phenoxy) is 4. The number of hydrogen-bond donors (Lipinski definition) is 0. The lowest BCUT2D eigenvalue weighted by Gasteiger charge is -2.17. The Morgan fingerprint density at radius 3 is 1.32 bits per heavy atom. The van der Waals surface area contributed by atoms with Gasteiger partial charge < -0.3 is 23.8 Å². The molecule has 0 fully saturated rings. The monoisotopic (exact) mass is 748 g/mol. The standard InChI is InChI=1S/C45H81NO7/c1-5-7-9-11-13-15-17-19-21-23-25-27-29-31-33-35-43(47)51-39-42(41-53-45(49)50-38-37-46(3)4)40-52-44(48)36-34-32-30-28-26-24-22-20-18-16-14-12-10-8-6-2/h13,15,19-22,42H,5-12,14,16-18,23-41H2,1-4H3/b15-13-,21-19-,22-20-. The summed E-state index contributed by atoms with van der Waals surface area (Å²) in [7, 11) is 3.78. The number of unbranched alkanes of at least 4 members (excludes halogenated alkanes) is 19. The number of esters is 2. The van der Waals surface area contributed by atoms with Crippen LogP contribution in [-0.2, 0) is 28.5 Å². The fraction of sp³-hybridized carbons (Fsp3) is 0.800. The Kier molecular flexibility index (Phi) is 38.6. The molecule has 0 aromatic carbocycles. The van der Waals surface area contributed by atoms with Crippen LogP contribution in [0, 0.1) is 5.92 Å². The molecule has 0 spiro atoms. The summed E-state index contributed by atoms with van der Waals surface area (Å²) < 4.78 is 21.4. The molecule has 0 rings (SSSR count). The fourth-order valence-electron chi connectivity index (χ4n) is 5.67. The molecular weight excluding hydrogens is 666 g/mol. The molecule has 0 aromatic heterocycles. The lowest BCUT2D eigenvalue weighted by Crippen LogP contribution is -2.27. The zero-order valence-electron chi connectivity index (χ0n) is 34.8. The smallest absolute Gasteiger partial charge is 0.465 e. The highest BCUT2D eigenvalue weighted by molar-refractivity contribution is 5.69. The lowest BCUT2D eigenvalue weighted by atomic mass is 10.1. The normalized spacial score (nSPS) is 12.3. The molecule has 308 valence electrons. The molecule has 0 N–H and O–H groups in total. The molecule has 0 aliphatic carbocycles. The predicted octanol–water partition coefficient (Wildman–Crippen LogP) is 12.3. The Morgan fingerprint density at radius 1 is 0.472 bits per heavy atom. The second-order valence-corrected chi connectivity index (χ2v) is 14.8. The third kappa shape index (κ3) is 40.4. The number of rotatable bonds is 38. The summed E-state index contributed by atoms with van der Waals surface area (Å²) in [5.74, 6) is -1.02. The summed E-state index contributed by atoms with van der Waals surface area (Å²) in [6.07, 6.45) is 41.6. The SMILES string of the molecule is CCCCC/C=C\C/C=C\CCCCCCCC(=O)OCC(COC(=O)CCCCCCC/C=C\CCCCCCCC)COC(=O)OCCN(C)C. The van der Waals surface area contributed by atoms with Gasteiger partial charge in [-0.05, 0) is 84.7 Å². The maximum atomic E-state index is 12.4. The first-order chi connectivity index (χ1) is 25.9. The van der Waals surface area contributed by atoms with Crippen LogP contribution >= 0.6 is 0 Å². The first kappa shape index (κ1) is 50.4. The van der Waals surface area contributed by atoms with Crippen molar-refractivity contribution in [1.82, 2.24) is 4.90 Å². The number of carbonyl (C=O) groups excluding carboxylic acids is 3. The van der Waals surface area contributed by atoms with Crippen molar-refractivity contribution < 1.29 is 33.3 Å². The van der Waals surface area contributed by atoms with Crippen molar-refractivity contribution in [3.63, 3.8) is 0 Å². The van der Waals surface area contributed by atoms with E-state index < -0.39 is 12.1 Å². The number of allylic oxidation sites excluding steroid dienone is 6. The lowest BCUT2D eigenvalue weighted by molar-refractivity contribution is -0.150. The molecule has 8 heteroatoms. The van der Waals surface area contributed by atoms with Crippen LogP contribution in [0.2, 0.25) is 0 Å². The second-order valence-electron chi connectivity index (χ2n) is 14.8. The minimum atomic E-state index is -0.784. The van der Waals surface area contributed by atoms with Crippen LogP contribution in [-0.4, -0.2) is 70.1 Å². The quantitative estimate of drug-likeness (QED) is 0.0267. The van der Waals surface area contributed by atoms with E-state index in [0.717, 1.165) is 70.6 Å². The van der Waals surface area contributed by atoms with Gasteiger partial charge in [-0.3, -0.25) is 9.59 Å². The van der Waals surface area contributed by atoms with Gasteiger partial charge in [0.05, 0.1) is 5.92 Å². The predicted molar refractivity (Wildman–Crippen MR) is 220 cm³/mol. The molecule has 0 radical (unpaired) electrons. The number of likely N-dealkylation sites (N-methyl/N-ethyl adjacent to an activating group) is 1. The maximum Gasteiger partial charge on any atom is 0.508 e. The van der Waals surface area contributed by atoms with Crippen LogP contribution < -0.4 is 0 Å². The van der Waals surface area contributed by atoms with E-state index in [1.807, 2.05) is 19.0 Å². The van der Waals surface area contributed by atoms with Crippen molar-refractivity contribution in [3.05, 3.63) is 36.5 Å². The Labute approximate surface area is 325 Å². The van der Waals surface area contributed by atoms with E-state index in [9.17, 15) is 14.4 Å². The molecular formula is C45H81NO7. The van der Waals surface area contributed by atoms with Crippen molar-refractivity contribution in [1.29, 1.82) is 0 Å². The van der Waals surface area contributed by atoms with Gasteiger partial charge in [-0.15, -0.1) is 0 Å². The molecule has 0 aliphatic heterocycles. The van der Waals surface area contributed by atoms with Crippen molar-refractivity contribution in [2.24, 2.45) is 5.92 Å². The van der Waals surface area contributed by atoms with Crippen molar-refractivity contribution in [3.8, 4) is 0 Å². The zero-order valence-corrected chi connectivity index (χ0v) is 34.8. The van der Waals surface area contributed by atoms with Gasteiger partial charge in [0.25, 0.3) is 0 Å². The molecule has 8 nitrogen and oxygen atoms in total. The van der Waals surface area contributed by atoms with E-state index >= 15 is 0 Å². The van der Waals surface area contributed by atoms with E-state index in [0.29, 0.717) is 19.4 Å². The zero-order chi connectivity index (χ0) is 38.9. The minimum absolute atomic E-state index is 0.0186. The van der Waals surface area contributed by atoms with Crippen molar-refractivity contribution in [2.45, 2.75) is 181 Å². The Morgan fingerprint density at radius 2 is 0.849 bits per heavy atom. The molecule has 0 bridgehead atoms. The summed E-state index contributed by atoms with van der Waals surface area (Å²) in [6, 6.07) is 0. The Balaban J connectivity index is 4.21. The van der Waals surface area contributed by atoms with Gasteiger partial charge in [-0.25, -0.2) is 4.79 Å². The summed E-state index contributed by atoms with van der Waals surface area (Å²) in [4.78, 5) is 38.8. The molecule has 0 saturated heterocycles. The van der Waals surface area contributed by atoms with E-state index in [2.05, 4.69) is 50.3 Å². The average Bonchev–Trinajstić information content (AvgIpc) is 3.14. The van der Waals surface area contributed by atoms with Crippen LogP contribution in [0.5, 0.6) is 0 Å². The minimum Gasteiger partial charge on any atom is -0.465 e. The van der Waals surface area contributed by atoms with Gasteiger partial charge in [0.15, 0.2) is 0 Å². The van der Waals surface area contributed by atoms with Gasteiger partial charge in [-0.1, -0.05) is 134 Å². The summed E-state index contributed by atoms with van der Waals surface area (Å²) in [5.41, 5.74) is 0. The van der Waals surface area contributed by atoms with Crippen LogP contribution in [0.25, 0.3) is 0 Å². The molecule has 0 heterocycles. The van der Waals surface area contributed by atoms with Gasteiger partial charge in [-0.2, -0.15) is 0 Å². The highest BCUT2D eigenvalue weighted by Gasteiger charge is 2.18. The van der Waals surface area contributed by atoms with E-state index in [-0.39, 0.29) is 38.4 Å². The summed E-state index contributed by atoms with van der Waals surface area (Å²) in [5, 5.41) is 0. The topological polar surface area (TPSA) is 91.4 Å². The van der Waals surface area contributed by atoms with Crippen LogP contribution in [0.4, 0.5) is 4.79 Å². The summed E-state index contributed by atoms with van der Waals surface area (Å²) >= 11 is 0. The fourth-order valence-corrected chi connectivity index (χ4v) is 5.67. The van der Waals surface area contributed by atoms with Crippen molar-refractivity contribution in [2.75, 3.05) is 47.1 Å². The number of carbonyl (C=O) groups is 3. The molecule has 53 heavy (non-hydrogen) atoms. The molecule has 0 aromatic rings. The van der Waals surface area contributed by atoms with Gasteiger partial charge in [0, 0.05) is 19.4 Å². The third-order valence-corrected chi connectivity index (χ3v) is 9.13. The van der Waals surface area contributed by atoms with Crippen LogP contribution in [0.15, 0.2) is 36.5 Å². The molecule has 0 aliphatic rings. The molecule has 1 unspecified atom stereocenters. The molecule has 1 atom stereocenters. The highest BCUT2D eigenvalue weighted by Crippen LogP contribution is 2.13. The van der Waals surface area contributed by atoms with Crippen LogP contribution in [0.3, 0.4) is 0 Å². The highest BCUT2D eigenvalue weighted by atomic mass is 16.7. The second kappa shape index (κ2) is 40.6. The maximum absolute atomic E-state index is 12.4. The van der Waals surface area contributed by atoms with E-state index in [4.69, 9.17) is 18.9 Å². The van der Waals surface area contributed by atoms with E-state index in [1.165, 1.54) is 83.5 Å². The number of hydrogen-bond acceptors (Lipinski definition) is 8. The average molecular weight is 748 g/mol. The van der Waals surface area contributed by atoms with Crippen molar-refractivity contribution >= 4 is 18.1 Å². The third-order valence-electron chi connectivity index (χ3n) is 9.13. The Hall–Kier alpha value is -2.61. The van der Waals surface area contributed by atoms with E-state index in [1.54, 1.807) is 0 Å². The molecule has 0 amide bonds. The summed E-state index contributed by atoms with van der Waals surface area (Å²) in [6.45, 7) is 5.26.